The van der Waals surface area contributed by atoms with Crippen LogP contribution < -0.4 is 0 Å². The third kappa shape index (κ3) is 4.12. The molecule has 0 atom stereocenters. The molecule has 0 spiro atoms. The zero-order valence-electron chi connectivity index (χ0n) is 11.1. The number of rotatable bonds is 5. The molecule has 2 aromatic rings. The molecule has 0 saturated heterocycles. The number of halogens is 1. The van der Waals surface area contributed by atoms with Gasteiger partial charge in [0.1, 0.15) is 0 Å². The van der Waals surface area contributed by atoms with Gasteiger partial charge in [0.15, 0.2) is 0 Å². The van der Waals surface area contributed by atoms with Gasteiger partial charge in [0.25, 0.3) is 0 Å². The molecule has 0 aromatic heterocycles. The molecular formula is C16H15BrO2S. The highest BCUT2D eigenvalue weighted by molar-refractivity contribution is 9.10. The third-order valence-electron chi connectivity index (χ3n) is 2.92. The zero-order chi connectivity index (χ0) is 14.5. The smallest absolute Gasteiger partial charge is 0.307 e. The maximum absolute atomic E-state index is 11.0. The quantitative estimate of drug-likeness (QED) is 0.842. The van der Waals surface area contributed by atoms with Crippen molar-refractivity contribution in [3.05, 3.63) is 58.1 Å². The standard InChI is InChI=1S/C16H15BrO2S/c1-2-11-3-8-15(12(9-11)10-16(18)19)20-14-6-4-13(17)5-7-14/h3-9H,2,10H2,1H3,(H,18,19). The van der Waals surface area contributed by atoms with Crippen LogP contribution in [0.3, 0.4) is 0 Å². The zero-order valence-corrected chi connectivity index (χ0v) is 13.5. The monoisotopic (exact) mass is 350 g/mol. The van der Waals surface area contributed by atoms with Crippen molar-refractivity contribution >= 4 is 33.7 Å². The van der Waals surface area contributed by atoms with Crippen LogP contribution in [0.1, 0.15) is 18.1 Å². The molecule has 0 aliphatic rings. The molecular weight excluding hydrogens is 336 g/mol. The summed E-state index contributed by atoms with van der Waals surface area (Å²) in [5.74, 6) is -0.795. The predicted molar refractivity (Wildman–Crippen MR) is 85.4 cm³/mol. The first-order valence-corrected chi connectivity index (χ1v) is 7.96. The van der Waals surface area contributed by atoms with Gasteiger partial charge in [0.05, 0.1) is 6.42 Å². The lowest BCUT2D eigenvalue weighted by Crippen LogP contribution is -2.02. The fourth-order valence-corrected chi connectivity index (χ4v) is 3.07. The highest BCUT2D eigenvalue weighted by Crippen LogP contribution is 2.32. The minimum absolute atomic E-state index is 0.0622. The average molecular weight is 351 g/mol. The first kappa shape index (κ1) is 15.1. The van der Waals surface area contributed by atoms with Gasteiger partial charge in [0.2, 0.25) is 0 Å². The topological polar surface area (TPSA) is 37.3 Å². The van der Waals surface area contributed by atoms with Gasteiger partial charge >= 0.3 is 5.97 Å². The lowest BCUT2D eigenvalue weighted by Gasteiger charge is -2.09. The molecule has 2 aromatic carbocycles. The molecule has 0 fully saturated rings. The summed E-state index contributed by atoms with van der Waals surface area (Å²) >= 11 is 5.01. The van der Waals surface area contributed by atoms with Crippen LogP contribution in [0, 0.1) is 0 Å². The van der Waals surface area contributed by atoms with Gasteiger partial charge < -0.3 is 5.11 Å². The highest BCUT2D eigenvalue weighted by atomic mass is 79.9. The van der Waals surface area contributed by atoms with E-state index in [0.717, 1.165) is 26.2 Å². The van der Waals surface area contributed by atoms with Gasteiger partial charge in [-0.05, 0) is 47.9 Å². The number of aliphatic carboxylic acids is 1. The van der Waals surface area contributed by atoms with Crippen molar-refractivity contribution in [1.29, 1.82) is 0 Å². The molecule has 0 bridgehead atoms. The Balaban J connectivity index is 2.29. The number of benzene rings is 2. The van der Waals surface area contributed by atoms with Crippen molar-refractivity contribution in [2.45, 2.75) is 29.6 Å². The van der Waals surface area contributed by atoms with Gasteiger partial charge in [-0.15, -0.1) is 0 Å². The molecule has 1 N–H and O–H groups in total. The molecule has 2 nitrogen and oxygen atoms in total. The molecule has 4 heteroatoms. The second-order valence-electron chi connectivity index (χ2n) is 4.42. The van der Waals surface area contributed by atoms with Crippen molar-refractivity contribution < 1.29 is 9.90 Å². The second-order valence-corrected chi connectivity index (χ2v) is 6.45. The van der Waals surface area contributed by atoms with Crippen LogP contribution >= 0.6 is 27.7 Å². The van der Waals surface area contributed by atoms with E-state index in [2.05, 4.69) is 28.9 Å². The number of carboxylic acids is 1. The van der Waals surface area contributed by atoms with Crippen molar-refractivity contribution in [3.63, 3.8) is 0 Å². The molecule has 0 amide bonds. The molecule has 0 heterocycles. The lowest BCUT2D eigenvalue weighted by molar-refractivity contribution is -0.136. The lowest BCUT2D eigenvalue weighted by atomic mass is 10.1. The van der Waals surface area contributed by atoms with Gasteiger partial charge in [-0.25, -0.2) is 0 Å². The summed E-state index contributed by atoms with van der Waals surface area (Å²) in [7, 11) is 0. The van der Waals surface area contributed by atoms with Crippen molar-refractivity contribution in [3.8, 4) is 0 Å². The minimum Gasteiger partial charge on any atom is -0.481 e. The third-order valence-corrected chi connectivity index (χ3v) is 4.57. The van der Waals surface area contributed by atoms with Crippen molar-refractivity contribution in [2.24, 2.45) is 0 Å². The first-order valence-electron chi connectivity index (χ1n) is 6.35. The summed E-state index contributed by atoms with van der Waals surface area (Å²) in [6.45, 7) is 2.07. The number of hydrogen-bond donors (Lipinski definition) is 1. The first-order chi connectivity index (χ1) is 9.58. The Morgan fingerprint density at radius 2 is 1.90 bits per heavy atom. The Hall–Kier alpha value is -1.26. The molecule has 2 rings (SSSR count). The largest absolute Gasteiger partial charge is 0.481 e. The van der Waals surface area contributed by atoms with E-state index in [1.165, 1.54) is 5.56 Å². The van der Waals surface area contributed by atoms with Gasteiger partial charge in [0, 0.05) is 14.3 Å². The van der Waals surface area contributed by atoms with Crippen LogP contribution in [-0.2, 0) is 17.6 Å². The summed E-state index contributed by atoms with van der Waals surface area (Å²) < 4.78 is 1.04. The van der Waals surface area contributed by atoms with E-state index in [1.807, 2.05) is 36.4 Å². The van der Waals surface area contributed by atoms with Crippen LogP contribution in [0.15, 0.2) is 56.7 Å². The fraction of sp³-hybridized carbons (Fsp3) is 0.188. The Morgan fingerprint density at radius 1 is 1.20 bits per heavy atom. The number of aryl methyl sites for hydroxylation is 1. The Kier molecular flexibility index (Phi) is 5.26. The molecule has 104 valence electrons. The Morgan fingerprint density at radius 3 is 2.50 bits per heavy atom. The normalized spacial score (nSPS) is 10.5. The molecule has 0 unspecified atom stereocenters. The summed E-state index contributed by atoms with van der Waals surface area (Å²) in [6, 6.07) is 14.1. The Bertz CT molecular complexity index is 608. The number of hydrogen-bond acceptors (Lipinski definition) is 2. The van der Waals surface area contributed by atoms with E-state index in [0.29, 0.717) is 0 Å². The van der Waals surface area contributed by atoms with E-state index >= 15 is 0 Å². The van der Waals surface area contributed by atoms with E-state index in [1.54, 1.807) is 11.8 Å². The molecule has 0 aliphatic carbocycles. The number of carbonyl (C=O) groups is 1. The van der Waals surface area contributed by atoms with Crippen molar-refractivity contribution in [2.75, 3.05) is 0 Å². The minimum atomic E-state index is -0.795. The number of carboxylic acid groups (broad SMARTS) is 1. The molecule has 20 heavy (non-hydrogen) atoms. The van der Waals surface area contributed by atoms with Crippen molar-refractivity contribution in [1.82, 2.24) is 0 Å². The summed E-state index contributed by atoms with van der Waals surface area (Å²) in [5.41, 5.74) is 2.05. The van der Waals surface area contributed by atoms with E-state index in [9.17, 15) is 4.79 Å². The van der Waals surface area contributed by atoms with Crippen LogP contribution in [0.5, 0.6) is 0 Å². The van der Waals surface area contributed by atoms with Gasteiger partial charge in [-0.1, -0.05) is 46.7 Å². The molecule has 0 aliphatic heterocycles. The maximum atomic E-state index is 11.0. The second kappa shape index (κ2) is 6.95. The van der Waals surface area contributed by atoms with E-state index in [-0.39, 0.29) is 6.42 Å². The summed E-state index contributed by atoms with van der Waals surface area (Å²) in [5, 5.41) is 9.04. The van der Waals surface area contributed by atoms with Crippen LogP contribution in [0.25, 0.3) is 0 Å². The predicted octanol–water partition coefficient (Wildman–Crippen LogP) is 4.79. The SMILES string of the molecule is CCc1ccc(Sc2ccc(Br)cc2)c(CC(=O)O)c1. The summed E-state index contributed by atoms with van der Waals surface area (Å²) in [4.78, 5) is 13.1. The Labute approximate surface area is 131 Å². The van der Waals surface area contributed by atoms with Gasteiger partial charge in [-0.2, -0.15) is 0 Å². The average Bonchev–Trinajstić information content (AvgIpc) is 2.42. The molecule has 0 saturated carbocycles. The highest BCUT2D eigenvalue weighted by Gasteiger charge is 2.09. The van der Waals surface area contributed by atoms with Gasteiger partial charge in [-0.3, -0.25) is 4.79 Å². The van der Waals surface area contributed by atoms with Crippen LogP contribution in [0.4, 0.5) is 0 Å². The van der Waals surface area contributed by atoms with E-state index < -0.39 is 5.97 Å². The maximum Gasteiger partial charge on any atom is 0.307 e. The molecule has 0 radical (unpaired) electrons. The van der Waals surface area contributed by atoms with Crippen LogP contribution in [0.2, 0.25) is 0 Å². The van der Waals surface area contributed by atoms with E-state index in [4.69, 9.17) is 5.11 Å². The van der Waals surface area contributed by atoms with Crippen LogP contribution in [-0.4, -0.2) is 11.1 Å². The summed E-state index contributed by atoms with van der Waals surface area (Å²) in [6.07, 6.45) is 0.975. The fourth-order valence-electron chi connectivity index (χ4n) is 1.88.